The maximum Gasteiger partial charge on any atom is 0.191 e. The highest BCUT2D eigenvalue weighted by molar-refractivity contribution is 14.0. The van der Waals surface area contributed by atoms with Gasteiger partial charge in [0, 0.05) is 39.3 Å². The Bertz CT molecular complexity index is 964. The monoisotopic (exact) mass is 555 g/mol. The fourth-order valence-corrected chi connectivity index (χ4v) is 4.44. The van der Waals surface area contributed by atoms with E-state index in [-0.39, 0.29) is 24.0 Å². The first-order chi connectivity index (χ1) is 14.7. The topological polar surface area (TPSA) is 95.3 Å². The summed E-state index contributed by atoms with van der Waals surface area (Å²) in [7, 11) is 1.88. The number of aryl methyl sites for hydroxylation is 1. The fourth-order valence-electron chi connectivity index (χ4n) is 3.65. The quantitative estimate of drug-likeness (QED) is 0.179. The summed E-state index contributed by atoms with van der Waals surface area (Å²) in [4.78, 5) is 15.8. The van der Waals surface area contributed by atoms with E-state index in [1.807, 2.05) is 18.4 Å². The van der Waals surface area contributed by atoms with Gasteiger partial charge < -0.3 is 20.9 Å². The molecule has 11 heteroatoms. The van der Waals surface area contributed by atoms with Gasteiger partial charge in [-0.15, -0.1) is 35.3 Å². The van der Waals surface area contributed by atoms with Crippen LogP contribution in [0.15, 0.2) is 35.0 Å². The number of nitrogens with zero attached hydrogens (tertiary/aromatic N) is 6. The zero-order valence-corrected chi connectivity index (χ0v) is 21.1. The smallest absolute Gasteiger partial charge is 0.191 e. The van der Waals surface area contributed by atoms with Crippen LogP contribution in [-0.2, 0) is 7.05 Å². The lowest BCUT2D eigenvalue weighted by atomic mass is 10.1. The van der Waals surface area contributed by atoms with Crippen LogP contribution in [0, 0.1) is 0 Å². The van der Waals surface area contributed by atoms with Crippen LogP contribution >= 0.6 is 35.3 Å². The third-order valence-corrected chi connectivity index (χ3v) is 6.13. The molecule has 0 aliphatic carbocycles. The van der Waals surface area contributed by atoms with Gasteiger partial charge in [-0.05, 0) is 37.3 Å². The molecule has 3 aromatic heterocycles. The zero-order valence-electron chi connectivity index (χ0n) is 17.9. The van der Waals surface area contributed by atoms with Crippen molar-refractivity contribution in [3.8, 4) is 0 Å². The average Bonchev–Trinajstić information content (AvgIpc) is 3.43. The minimum Gasteiger partial charge on any atom is -0.367 e. The van der Waals surface area contributed by atoms with Crippen LogP contribution < -0.4 is 20.9 Å². The number of rotatable bonds is 7. The van der Waals surface area contributed by atoms with Crippen molar-refractivity contribution >= 4 is 63.1 Å². The number of nitrogens with one attached hydrogen (secondary N) is 3. The summed E-state index contributed by atoms with van der Waals surface area (Å²) in [5, 5.41) is 19.0. The van der Waals surface area contributed by atoms with Crippen LogP contribution in [0.1, 0.15) is 19.8 Å². The highest BCUT2D eigenvalue weighted by Gasteiger charge is 2.20. The molecule has 0 atom stereocenters. The maximum absolute atomic E-state index is 4.73. The van der Waals surface area contributed by atoms with Gasteiger partial charge in [0.2, 0.25) is 0 Å². The van der Waals surface area contributed by atoms with Crippen LogP contribution in [0.25, 0.3) is 11.0 Å². The molecule has 31 heavy (non-hydrogen) atoms. The third kappa shape index (κ3) is 5.97. The Morgan fingerprint density at radius 2 is 2.13 bits per heavy atom. The number of aromatic nitrogens is 4. The SMILES string of the molecule is CCNC(=NCCNc1ncnc2c1cnn2C)NC1CCN(c2cccs2)CC1.I. The van der Waals surface area contributed by atoms with Crippen LogP contribution in [0.3, 0.4) is 0 Å². The van der Waals surface area contributed by atoms with E-state index in [0.29, 0.717) is 19.1 Å². The van der Waals surface area contributed by atoms with Crippen molar-refractivity contribution in [2.75, 3.05) is 42.9 Å². The number of guanidine groups is 1. The van der Waals surface area contributed by atoms with Crippen molar-refractivity contribution in [2.24, 2.45) is 12.0 Å². The first kappa shape index (κ1) is 23.5. The van der Waals surface area contributed by atoms with Gasteiger partial charge in [-0.25, -0.2) is 9.97 Å². The number of anilines is 2. The largest absolute Gasteiger partial charge is 0.367 e. The van der Waals surface area contributed by atoms with Crippen molar-refractivity contribution in [1.29, 1.82) is 0 Å². The van der Waals surface area contributed by atoms with Gasteiger partial charge in [-0.1, -0.05) is 0 Å². The molecule has 1 saturated heterocycles. The molecule has 1 aliphatic heterocycles. The maximum atomic E-state index is 4.73. The molecular weight excluding hydrogens is 525 g/mol. The van der Waals surface area contributed by atoms with E-state index in [2.05, 4.69) is 60.4 Å². The molecular formula is C20H30IN9S. The van der Waals surface area contributed by atoms with Gasteiger partial charge in [0.05, 0.1) is 23.1 Å². The van der Waals surface area contributed by atoms with E-state index in [1.165, 1.54) is 5.00 Å². The Morgan fingerprint density at radius 1 is 1.29 bits per heavy atom. The summed E-state index contributed by atoms with van der Waals surface area (Å²) in [6.45, 7) is 6.43. The molecule has 1 fully saturated rings. The zero-order chi connectivity index (χ0) is 20.8. The lowest BCUT2D eigenvalue weighted by Crippen LogP contribution is -2.48. The Hall–Kier alpha value is -2.15. The van der Waals surface area contributed by atoms with Gasteiger partial charge >= 0.3 is 0 Å². The van der Waals surface area contributed by atoms with E-state index < -0.39 is 0 Å². The molecule has 0 aromatic carbocycles. The Morgan fingerprint density at radius 3 is 2.87 bits per heavy atom. The number of halogens is 1. The van der Waals surface area contributed by atoms with Gasteiger partial charge in [-0.2, -0.15) is 5.10 Å². The van der Waals surface area contributed by atoms with E-state index in [0.717, 1.165) is 55.3 Å². The number of fused-ring (bicyclic) bond motifs is 1. The second-order valence-corrected chi connectivity index (χ2v) is 8.20. The standard InChI is InChI=1S/C20H29N9S.HI/c1-3-21-20(27-15-6-10-29(11-7-15)17-5-4-12-30-17)23-9-8-22-18-16-13-26-28(2)19(16)25-14-24-18;/h4-5,12-15H,3,6-11H2,1-2H3,(H2,21,23,27)(H,22,24,25);1H. The number of hydrogen-bond donors (Lipinski definition) is 3. The highest BCUT2D eigenvalue weighted by atomic mass is 127. The van der Waals surface area contributed by atoms with Gasteiger partial charge in [0.25, 0.3) is 0 Å². The number of hydrogen-bond acceptors (Lipinski definition) is 7. The molecule has 0 bridgehead atoms. The van der Waals surface area contributed by atoms with Gasteiger partial charge in [0.1, 0.15) is 12.1 Å². The van der Waals surface area contributed by atoms with Crippen LogP contribution in [-0.4, -0.2) is 64.5 Å². The summed E-state index contributed by atoms with van der Waals surface area (Å²) < 4.78 is 1.75. The van der Waals surface area contributed by atoms with Crippen LogP contribution in [0.5, 0.6) is 0 Å². The molecule has 1 aliphatic rings. The van der Waals surface area contributed by atoms with Crippen molar-refractivity contribution in [1.82, 2.24) is 30.4 Å². The molecule has 9 nitrogen and oxygen atoms in total. The van der Waals surface area contributed by atoms with E-state index in [1.54, 1.807) is 17.2 Å². The second-order valence-electron chi connectivity index (χ2n) is 7.27. The van der Waals surface area contributed by atoms with Gasteiger partial charge in [0.15, 0.2) is 11.6 Å². The van der Waals surface area contributed by atoms with Crippen molar-refractivity contribution in [3.05, 3.63) is 30.0 Å². The summed E-state index contributed by atoms with van der Waals surface area (Å²) in [5.74, 6) is 1.67. The lowest BCUT2D eigenvalue weighted by Gasteiger charge is -2.33. The number of piperidine rings is 1. The third-order valence-electron chi connectivity index (χ3n) is 5.20. The lowest BCUT2D eigenvalue weighted by molar-refractivity contribution is 0.463. The summed E-state index contributed by atoms with van der Waals surface area (Å²) in [6.07, 6.45) is 5.57. The molecule has 3 aromatic rings. The molecule has 3 N–H and O–H groups in total. The first-order valence-corrected chi connectivity index (χ1v) is 11.3. The molecule has 0 amide bonds. The average molecular weight is 555 g/mol. The van der Waals surface area contributed by atoms with E-state index >= 15 is 0 Å². The minimum absolute atomic E-state index is 0. The van der Waals surface area contributed by atoms with Crippen molar-refractivity contribution < 1.29 is 0 Å². The Labute approximate surface area is 203 Å². The first-order valence-electron chi connectivity index (χ1n) is 10.4. The molecule has 4 heterocycles. The van der Waals surface area contributed by atoms with Gasteiger partial charge in [-0.3, -0.25) is 9.67 Å². The molecule has 0 radical (unpaired) electrons. The minimum atomic E-state index is 0. The predicted octanol–water partition coefficient (Wildman–Crippen LogP) is 2.68. The number of aliphatic imine (C=N–C) groups is 1. The Kier molecular flexibility index (Phi) is 8.69. The molecule has 0 saturated carbocycles. The molecule has 0 spiro atoms. The summed E-state index contributed by atoms with van der Waals surface area (Å²) in [6, 6.07) is 4.77. The van der Waals surface area contributed by atoms with Crippen LogP contribution in [0.4, 0.5) is 10.8 Å². The fraction of sp³-hybridized carbons (Fsp3) is 0.500. The Balaban J connectivity index is 0.00000272. The van der Waals surface area contributed by atoms with Crippen LogP contribution in [0.2, 0.25) is 0 Å². The number of thiophene rings is 1. The second kappa shape index (κ2) is 11.5. The van der Waals surface area contributed by atoms with Crippen molar-refractivity contribution in [3.63, 3.8) is 0 Å². The highest BCUT2D eigenvalue weighted by Crippen LogP contribution is 2.24. The van der Waals surface area contributed by atoms with E-state index in [9.17, 15) is 0 Å². The molecule has 0 unspecified atom stereocenters. The summed E-state index contributed by atoms with van der Waals surface area (Å²) in [5.41, 5.74) is 0.819. The van der Waals surface area contributed by atoms with Crippen molar-refractivity contribution in [2.45, 2.75) is 25.8 Å². The normalized spacial score (nSPS) is 15.0. The predicted molar refractivity (Wildman–Crippen MR) is 139 cm³/mol. The summed E-state index contributed by atoms with van der Waals surface area (Å²) >= 11 is 1.81. The molecule has 4 rings (SSSR count). The van der Waals surface area contributed by atoms with E-state index in [4.69, 9.17) is 4.99 Å². The molecule has 168 valence electrons.